The fraction of sp³-hybridized carbons (Fsp3) is 0.273. The number of nitrogens with zero attached hydrogens (tertiary/aromatic N) is 2. The standard InChI is InChI=1S/C11H14N2O4S/c1-8(2)9-5-6-10(13(14)15)11(7-9)12(3)18(4,16)17/h5-7H,1H2,2-4H3. The van der Waals surface area contributed by atoms with E-state index in [-0.39, 0.29) is 11.4 Å². The second kappa shape index (κ2) is 4.77. The third kappa shape index (κ3) is 2.86. The Bertz CT molecular complexity index is 607. The fourth-order valence-electron chi connectivity index (χ4n) is 1.37. The molecule has 0 radical (unpaired) electrons. The molecule has 18 heavy (non-hydrogen) atoms. The van der Waals surface area contributed by atoms with E-state index in [1.165, 1.54) is 19.2 Å². The van der Waals surface area contributed by atoms with Gasteiger partial charge in [-0.25, -0.2) is 8.42 Å². The summed E-state index contributed by atoms with van der Waals surface area (Å²) >= 11 is 0. The molecule has 0 N–H and O–H groups in total. The first-order chi connectivity index (χ1) is 8.14. The predicted octanol–water partition coefficient (Wildman–Crippen LogP) is 2.02. The van der Waals surface area contributed by atoms with E-state index in [4.69, 9.17) is 0 Å². The summed E-state index contributed by atoms with van der Waals surface area (Å²) < 4.78 is 23.8. The normalized spacial score (nSPS) is 11.1. The molecule has 0 spiro atoms. The SMILES string of the molecule is C=C(C)c1ccc([N+](=O)[O-])c(N(C)S(C)(=O)=O)c1. The molecular weight excluding hydrogens is 256 g/mol. The van der Waals surface area contributed by atoms with Gasteiger partial charge in [-0.15, -0.1) is 0 Å². The van der Waals surface area contributed by atoms with Crippen molar-refractivity contribution in [2.24, 2.45) is 0 Å². The van der Waals surface area contributed by atoms with Gasteiger partial charge >= 0.3 is 0 Å². The van der Waals surface area contributed by atoms with E-state index in [2.05, 4.69) is 6.58 Å². The molecule has 0 fully saturated rings. The first-order valence-corrected chi connectivity index (χ1v) is 6.87. The van der Waals surface area contributed by atoms with Crippen LogP contribution >= 0.6 is 0 Å². The zero-order chi connectivity index (χ0) is 14.1. The number of rotatable bonds is 4. The first-order valence-electron chi connectivity index (χ1n) is 5.03. The highest BCUT2D eigenvalue weighted by Crippen LogP contribution is 2.31. The molecule has 0 aliphatic heterocycles. The van der Waals surface area contributed by atoms with Gasteiger partial charge in [-0.1, -0.05) is 12.2 Å². The summed E-state index contributed by atoms with van der Waals surface area (Å²) in [6.45, 7) is 5.47. The third-order valence-corrected chi connectivity index (χ3v) is 3.69. The van der Waals surface area contributed by atoms with Crippen molar-refractivity contribution in [1.29, 1.82) is 0 Å². The fourth-order valence-corrected chi connectivity index (χ4v) is 1.88. The quantitative estimate of drug-likeness (QED) is 0.619. The summed E-state index contributed by atoms with van der Waals surface area (Å²) in [5, 5.41) is 10.9. The highest BCUT2D eigenvalue weighted by atomic mass is 32.2. The summed E-state index contributed by atoms with van der Waals surface area (Å²) in [6.07, 6.45) is 0.990. The molecule has 0 unspecified atom stereocenters. The van der Waals surface area contributed by atoms with Gasteiger partial charge in [-0.2, -0.15) is 0 Å². The van der Waals surface area contributed by atoms with E-state index >= 15 is 0 Å². The van der Waals surface area contributed by atoms with E-state index in [0.29, 0.717) is 11.1 Å². The molecule has 1 aromatic carbocycles. The molecule has 98 valence electrons. The van der Waals surface area contributed by atoms with Gasteiger partial charge in [0.25, 0.3) is 5.69 Å². The van der Waals surface area contributed by atoms with Crippen LogP contribution in [0.15, 0.2) is 24.8 Å². The molecule has 0 amide bonds. The largest absolute Gasteiger partial charge is 0.293 e. The number of hydrogen-bond acceptors (Lipinski definition) is 4. The lowest BCUT2D eigenvalue weighted by Crippen LogP contribution is -2.25. The average Bonchev–Trinajstić information content (AvgIpc) is 2.25. The highest BCUT2D eigenvalue weighted by molar-refractivity contribution is 7.92. The van der Waals surface area contributed by atoms with E-state index in [1.54, 1.807) is 13.0 Å². The molecule has 6 nitrogen and oxygen atoms in total. The van der Waals surface area contributed by atoms with Gasteiger partial charge in [-0.05, 0) is 24.6 Å². The molecule has 7 heteroatoms. The number of anilines is 1. The molecule has 0 aliphatic rings. The van der Waals surface area contributed by atoms with Crippen molar-refractivity contribution in [3.8, 4) is 0 Å². The Morgan fingerprint density at radius 2 is 2.00 bits per heavy atom. The van der Waals surface area contributed by atoms with Crippen molar-refractivity contribution >= 4 is 27.0 Å². The monoisotopic (exact) mass is 270 g/mol. The zero-order valence-corrected chi connectivity index (χ0v) is 11.2. The molecule has 1 rings (SSSR count). The summed E-state index contributed by atoms with van der Waals surface area (Å²) in [6, 6.07) is 4.27. The van der Waals surface area contributed by atoms with Crippen LogP contribution in [0.25, 0.3) is 5.57 Å². The molecule has 0 atom stereocenters. The first kappa shape index (κ1) is 14.2. The summed E-state index contributed by atoms with van der Waals surface area (Å²) in [5.74, 6) is 0. The molecule has 0 heterocycles. The molecule has 0 saturated carbocycles. The molecular formula is C11H14N2O4S. The van der Waals surface area contributed by atoms with E-state index < -0.39 is 14.9 Å². The molecule has 0 saturated heterocycles. The van der Waals surface area contributed by atoms with Crippen molar-refractivity contribution in [3.05, 3.63) is 40.5 Å². The van der Waals surface area contributed by atoms with Crippen molar-refractivity contribution in [3.63, 3.8) is 0 Å². The average molecular weight is 270 g/mol. The Labute approximate surface area is 106 Å². The summed E-state index contributed by atoms with van der Waals surface area (Å²) in [7, 11) is -2.28. The van der Waals surface area contributed by atoms with Crippen LogP contribution in [-0.4, -0.2) is 26.6 Å². The van der Waals surface area contributed by atoms with Crippen LogP contribution in [-0.2, 0) is 10.0 Å². The minimum Gasteiger partial charge on any atom is -0.267 e. The van der Waals surface area contributed by atoms with Crippen LogP contribution in [0.3, 0.4) is 0 Å². The molecule has 0 aliphatic carbocycles. The Morgan fingerprint density at radius 3 is 2.39 bits per heavy atom. The van der Waals surface area contributed by atoms with Crippen molar-refractivity contribution < 1.29 is 13.3 Å². The minimum atomic E-state index is -3.56. The number of hydrogen-bond donors (Lipinski definition) is 0. The van der Waals surface area contributed by atoms with Gasteiger partial charge in [-0.3, -0.25) is 14.4 Å². The predicted molar refractivity (Wildman–Crippen MR) is 71.1 cm³/mol. The number of nitro benzene ring substituents is 1. The zero-order valence-electron chi connectivity index (χ0n) is 10.4. The number of nitro groups is 1. The lowest BCUT2D eigenvalue weighted by atomic mass is 10.1. The van der Waals surface area contributed by atoms with Gasteiger partial charge in [0.1, 0.15) is 5.69 Å². The van der Waals surface area contributed by atoms with E-state index in [9.17, 15) is 18.5 Å². The van der Waals surface area contributed by atoms with E-state index in [1.807, 2.05) is 0 Å². The van der Waals surface area contributed by atoms with Crippen LogP contribution in [0, 0.1) is 10.1 Å². The van der Waals surface area contributed by atoms with Gasteiger partial charge in [0, 0.05) is 13.1 Å². The number of benzene rings is 1. The number of sulfonamides is 1. The highest BCUT2D eigenvalue weighted by Gasteiger charge is 2.22. The summed E-state index contributed by atoms with van der Waals surface area (Å²) in [5.41, 5.74) is 1.13. The molecule has 0 bridgehead atoms. The van der Waals surface area contributed by atoms with Gasteiger partial charge in [0.05, 0.1) is 11.2 Å². The smallest absolute Gasteiger partial charge is 0.267 e. The second-order valence-corrected chi connectivity index (χ2v) is 5.99. The van der Waals surface area contributed by atoms with Crippen LogP contribution in [0.2, 0.25) is 0 Å². The maximum Gasteiger partial charge on any atom is 0.293 e. The van der Waals surface area contributed by atoms with Crippen LogP contribution in [0.5, 0.6) is 0 Å². The molecule has 0 aromatic heterocycles. The van der Waals surface area contributed by atoms with Gasteiger partial charge < -0.3 is 0 Å². The maximum atomic E-state index is 11.5. The topological polar surface area (TPSA) is 80.5 Å². The Kier molecular flexibility index (Phi) is 3.76. The van der Waals surface area contributed by atoms with Gasteiger partial charge in [0.2, 0.25) is 10.0 Å². The Hall–Kier alpha value is -1.89. The Morgan fingerprint density at radius 1 is 1.44 bits per heavy atom. The lowest BCUT2D eigenvalue weighted by molar-refractivity contribution is -0.384. The third-order valence-electron chi connectivity index (χ3n) is 2.50. The van der Waals surface area contributed by atoms with Crippen molar-refractivity contribution in [2.45, 2.75) is 6.92 Å². The van der Waals surface area contributed by atoms with Crippen molar-refractivity contribution in [1.82, 2.24) is 0 Å². The minimum absolute atomic E-state index is 0.0306. The number of allylic oxidation sites excluding steroid dienone is 1. The Balaban J connectivity index is 3.51. The van der Waals surface area contributed by atoms with Crippen molar-refractivity contribution in [2.75, 3.05) is 17.6 Å². The van der Waals surface area contributed by atoms with Crippen LogP contribution in [0.1, 0.15) is 12.5 Å². The van der Waals surface area contributed by atoms with Crippen LogP contribution in [0.4, 0.5) is 11.4 Å². The van der Waals surface area contributed by atoms with E-state index in [0.717, 1.165) is 10.6 Å². The van der Waals surface area contributed by atoms with Crippen LogP contribution < -0.4 is 4.31 Å². The molecule has 1 aromatic rings. The summed E-state index contributed by atoms with van der Waals surface area (Å²) in [4.78, 5) is 10.3. The second-order valence-electron chi connectivity index (χ2n) is 3.97. The lowest BCUT2D eigenvalue weighted by Gasteiger charge is -2.17. The maximum absolute atomic E-state index is 11.5. The van der Waals surface area contributed by atoms with Gasteiger partial charge in [0.15, 0.2) is 0 Å².